The van der Waals surface area contributed by atoms with Crippen molar-refractivity contribution < 1.29 is 22.7 Å². The van der Waals surface area contributed by atoms with Gasteiger partial charge >= 0.3 is 6.18 Å². The van der Waals surface area contributed by atoms with Crippen molar-refractivity contribution in [3.63, 3.8) is 0 Å². The Balaban J connectivity index is 2.11. The van der Waals surface area contributed by atoms with Crippen LogP contribution in [0.4, 0.5) is 13.2 Å². The number of hydrogen-bond donors (Lipinski definition) is 1. The lowest BCUT2D eigenvalue weighted by atomic mass is 9.99. The summed E-state index contributed by atoms with van der Waals surface area (Å²) in [5.41, 5.74) is -2.30. The van der Waals surface area contributed by atoms with Gasteiger partial charge in [-0.2, -0.15) is 18.4 Å². The molecule has 0 saturated heterocycles. The average molecular weight is 363 g/mol. The van der Waals surface area contributed by atoms with E-state index in [1.54, 1.807) is 0 Å². The highest BCUT2D eigenvalue weighted by Gasteiger charge is 2.39. The molecule has 1 heterocycles. The molecule has 0 bridgehead atoms. The molecular formula is C14H14ClF3N4O2. The van der Waals surface area contributed by atoms with Gasteiger partial charge in [-0.15, -0.1) is 0 Å². The number of halogens is 4. The van der Waals surface area contributed by atoms with Crippen molar-refractivity contribution in [3.05, 3.63) is 17.0 Å². The van der Waals surface area contributed by atoms with E-state index in [1.807, 2.05) is 0 Å². The van der Waals surface area contributed by atoms with Crippen LogP contribution in [0.5, 0.6) is 5.88 Å². The van der Waals surface area contributed by atoms with E-state index in [0.717, 1.165) is 12.8 Å². The van der Waals surface area contributed by atoms with E-state index < -0.39 is 40.3 Å². The number of nitriles is 1. The van der Waals surface area contributed by atoms with Gasteiger partial charge in [-0.05, 0) is 32.6 Å². The maximum absolute atomic E-state index is 12.7. The van der Waals surface area contributed by atoms with Gasteiger partial charge < -0.3 is 10.1 Å². The first kappa shape index (κ1) is 18.3. The normalized spacial score (nSPS) is 17.8. The molecule has 10 heteroatoms. The summed E-state index contributed by atoms with van der Waals surface area (Å²) < 4.78 is 43.4. The van der Waals surface area contributed by atoms with Crippen LogP contribution in [0.15, 0.2) is 6.33 Å². The fourth-order valence-corrected chi connectivity index (χ4v) is 2.68. The lowest BCUT2D eigenvalue weighted by molar-refractivity contribution is -0.141. The Morgan fingerprint density at radius 3 is 2.62 bits per heavy atom. The number of carbonyl (C=O) groups is 1. The Morgan fingerprint density at radius 2 is 2.08 bits per heavy atom. The van der Waals surface area contributed by atoms with E-state index in [0.29, 0.717) is 19.2 Å². The Kier molecular flexibility index (Phi) is 5.18. The monoisotopic (exact) mass is 362 g/mol. The molecule has 1 aliphatic carbocycles. The summed E-state index contributed by atoms with van der Waals surface area (Å²) in [6, 6.07) is 2.08. The number of aromatic nitrogens is 2. The summed E-state index contributed by atoms with van der Waals surface area (Å²) in [5.74, 6) is -1.17. The Labute approximate surface area is 141 Å². The number of nitrogens with zero attached hydrogens (tertiary/aromatic N) is 3. The predicted octanol–water partition coefficient (Wildman–Crippen LogP) is 2.87. The molecule has 6 nitrogen and oxygen atoms in total. The van der Waals surface area contributed by atoms with E-state index in [2.05, 4.69) is 21.4 Å². The maximum Gasteiger partial charge on any atom is 0.435 e. The number of nitrogens with one attached hydrogen (secondary N) is 1. The van der Waals surface area contributed by atoms with Crippen LogP contribution in [0.1, 0.15) is 38.3 Å². The number of carbonyl (C=O) groups excluding carboxylic acids is 1. The van der Waals surface area contributed by atoms with Gasteiger partial charge in [-0.25, -0.2) is 9.97 Å². The zero-order chi connectivity index (χ0) is 18.0. The fourth-order valence-electron chi connectivity index (χ4n) is 2.44. The summed E-state index contributed by atoms with van der Waals surface area (Å²) in [7, 11) is 0. The quantitative estimate of drug-likeness (QED) is 0.889. The van der Waals surface area contributed by atoms with Crippen molar-refractivity contribution in [1.29, 1.82) is 5.26 Å². The highest BCUT2D eigenvalue weighted by molar-refractivity contribution is 6.32. The average Bonchev–Trinajstić information content (AvgIpc) is 2.97. The SMILES string of the molecule is CC(Oc1ncnc(C(F)(F)F)c1Cl)C(=O)NC1(C#N)CCCC1. The van der Waals surface area contributed by atoms with Gasteiger partial charge in [0, 0.05) is 0 Å². The van der Waals surface area contributed by atoms with Crippen LogP contribution in [-0.4, -0.2) is 27.5 Å². The second kappa shape index (κ2) is 6.81. The highest BCUT2D eigenvalue weighted by Crippen LogP contribution is 2.36. The molecular weight excluding hydrogens is 349 g/mol. The van der Waals surface area contributed by atoms with Gasteiger partial charge in [0.2, 0.25) is 5.88 Å². The van der Waals surface area contributed by atoms with Gasteiger partial charge in [0.05, 0.1) is 6.07 Å². The minimum atomic E-state index is -4.77. The summed E-state index contributed by atoms with van der Waals surface area (Å²) in [6.45, 7) is 1.33. The van der Waals surface area contributed by atoms with E-state index in [1.165, 1.54) is 6.92 Å². The second-order valence-corrected chi connectivity index (χ2v) is 5.87. The lowest BCUT2D eigenvalue weighted by Gasteiger charge is -2.24. The molecule has 0 aromatic carbocycles. The van der Waals surface area contributed by atoms with Crippen molar-refractivity contribution >= 4 is 17.5 Å². The van der Waals surface area contributed by atoms with Gasteiger partial charge in [-0.1, -0.05) is 11.6 Å². The molecule has 1 unspecified atom stereocenters. The van der Waals surface area contributed by atoms with E-state index >= 15 is 0 Å². The third kappa shape index (κ3) is 3.87. The molecule has 1 atom stereocenters. The van der Waals surface area contributed by atoms with Crippen molar-refractivity contribution in [3.8, 4) is 11.9 Å². The van der Waals surface area contributed by atoms with Crippen LogP contribution in [-0.2, 0) is 11.0 Å². The van der Waals surface area contributed by atoms with Crippen molar-refractivity contribution in [2.45, 2.75) is 50.4 Å². The molecule has 2 rings (SSSR count). The van der Waals surface area contributed by atoms with Gasteiger partial charge in [-0.3, -0.25) is 4.79 Å². The van der Waals surface area contributed by atoms with Gasteiger partial charge in [0.15, 0.2) is 11.8 Å². The Hall–Kier alpha value is -2.08. The van der Waals surface area contributed by atoms with Crippen LogP contribution in [0.2, 0.25) is 5.02 Å². The fraction of sp³-hybridized carbons (Fsp3) is 0.571. The number of hydrogen-bond acceptors (Lipinski definition) is 5. The van der Waals surface area contributed by atoms with E-state index in [9.17, 15) is 23.2 Å². The number of amides is 1. The number of rotatable bonds is 4. The summed E-state index contributed by atoms with van der Waals surface area (Å²) in [5, 5.41) is 11.0. The number of alkyl halides is 3. The topological polar surface area (TPSA) is 87.9 Å². The molecule has 0 spiro atoms. The Morgan fingerprint density at radius 1 is 1.46 bits per heavy atom. The molecule has 1 saturated carbocycles. The minimum Gasteiger partial charge on any atom is -0.463 e. The summed E-state index contributed by atoms with van der Waals surface area (Å²) >= 11 is 5.61. The standard InChI is InChI=1S/C14H14ClF3N4O2/c1-8(11(23)22-13(6-19)4-2-3-5-13)24-12-9(15)10(14(16,17)18)20-7-21-12/h7-8H,2-5H2,1H3,(H,22,23). The zero-order valence-electron chi connectivity index (χ0n) is 12.7. The molecule has 0 aliphatic heterocycles. The van der Waals surface area contributed by atoms with Crippen LogP contribution in [0.3, 0.4) is 0 Å². The van der Waals surface area contributed by atoms with E-state index in [4.69, 9.17) is 16.3 Å². The molecule has 24 heavy (non-hydrogen) atoms. The van der Waals surface area contributed by atoms with Gasteiger partial charge in [0.1, 0.15) is 16.9 Å². The predicted molar refractivity (Wildman–Crippen MR) is 77.1 cm³/mol. The molecule has 0 radical (unpaired) electrons. The molecule has 1 fully saturated rings. The third-order valence-corrected chi connectivity index (χ3v) is 4.06. The lowest BCUT2D eigenvalue weighted by Crippen LogP contribution is -2.49. The molecule has 1 amide bonds. The number of ether oxygens (including phenoxy) is 1. The first-order valence-corrected chi connectivity index (χ1v) is 7.54. The summed E-state index contributed by atoms with van der Waals surface area (Å²) in [4.78, 5) is 18.8. The van der Waals surface area contributed by atoms with Crippen molar-refractivity contribution in [2.24, 2.45) is 0 Å². The van der Waals surface area contributed by atoms with Gasteiger partial charge in [0.25, 0.3) is 5.91 Å². The Bertz CT molecular complexity index is 669. The third-order valence-electron chi connectivity index (χ3n) is 3.72. The van der Waals surface area contributed by atoms with Crippen LogP contribution in [0, 0.1) is 11.3 Å². The molecule has 1 aromatic heterocycles. The smallest absolute Gasteiger partial charge is 0.435 e. The molecule has 1 N–H and O–H groups in total. The molecule has 1 aromatic rings. The van der Waals surface area contributed by atoms with Crippen LogP contribution < -0.4 is 10.1 Å². The largest absolute Gasteiger partial charge is 0.463 e. The van der Waals surface area contributed by atoms with E-state index in [-0.39, 0.29) is 0 Å². The summed E-state index contributed by atoms with van der Waals surface area (Å²) in [6.07, 6.45) is -2.61. The molecule has 130 valence electrons. The maximum atomic E-state index is 12.7. The van der Waals surface area contributed by atoms with Crippen molar-refractivity contribution in [1.82, 2.24) is 15.3 Å². The first-order valence-electron chi connectivity index (χ1n) is 7.16. The van der Waals surface area contributed by atoms with Crippen LogP contribution in [0.25, 0.3) is 0 Å². The first-order chi connectivity index (χ1) is 11.2. The van der Waals surface area contributed by atoms with Crippen LogP contribution >= 0.6 is 11.6 Å². The molecule has 1 aliphatic rings. The highest BCUT2D eigenvalue weighted by atomic mass is 35.5. The minimum absolute atomic E-state index is 0.522. The van der Waals surface area contributed by atoms with Crippen molar-refractivity contribution in [2.75, 3.05) is 0 Å². The zero-order valence-corrected chi connectivity index (χ0v) is 13.4. The second-order valence-electron chi connectivity index (χ2n) is 5.49.